The van der Waals surface area contributed by atoms with E-state index in [1.54, 1.807) is 7.11 Å². The van der Waals surface area contributed by atoms with Crippen molar-refractivity contribution in [3.8, 4) is 0 Å². The Balaban J connectivity index is 2.55. The van der Waals surface area contributed by atoms with Crippen LogP contribution in [0.25, 0.3) is 0 Å². The first-order valence-corrected chi connectivity index (χ1v) is 7.55. The molecule has 0 saturated heterocycles. The van der Waals surface area contributed by atoms with E-state index in [2.05, 4.69) is 37.9 Å². The van der Waals surface area contributed by atoms with Gasteiger partial charge in [0.1, 0.15) is 0 Å². The molecule has 0 bridgehead atoms. The highest BCUT2D eigenvalue weighted by Crippen LogP contribution is 2.30. The van der Waals surface area contributed by atoms with Gasteiger partial charge in [-0.2, -0.15) is 0 Å². The zero-order valence-corrected chi connectivity index (χ0v) is 13.3. The van der Waals surface area contributed by atoms with Crippen LogP contribution in [0.1, 0.15) is 47.0 Å². The Morgan fingerprint density at radius 2 is 2.00 bits per heavy atom. The van der Waals surface area contributed by atoms with Crippen LogP contribution < -0.4 is 5.32 Å². The SMILES string of the molecule is COCCN(C(C)CC(C)(CO)NC(C)C)C1CC1. The number of hydrogen-bond acceptors (Lipinski definition) is 4. The van der Waals surface area contributed by atoms with Gasteiger partial charge in [-0.15, -0.1) is 0 Å². The molecule has 1 aliphatic carbocycles. The minimum absolute atomic E-state index is 0.179. The molecule has 2 atom stereocenters. The van der Waals surface area contributed by atoms with Crippen LogP contribution in [0.2, 0.25) is 0 Å². The van der Waals surface area contributed by atoms with Gasteiger partial charge in [-0.3, -0.25) is 4.90 Å². The predicted octanol–water partition coefficient (Wildman–Crippen LogP) is 1.62. The maximum atomic E-state index is 9.69. The topological polar surface area (TPSA) is 44.7 Å². The third-order valence-corrected chi connectivity index (χ3v) is 3.87. The van der Waals surface area contributed by atoms with E-state index in [0.29, 0.717) is 12.1 Å². The monoisotopic (exact) mass is 272 g/mol. The van der Waals surface area contributed by atoms with E-state index in [0.717, 1.165) is 25.6 Å². The third kappa shape index (κ3) is 5.78. The lowest BCUT2D eigenvalue weighted by Crippen LogP contribution is -2.53. The molecular weight excluding hydrogens is 240 g/mol. The van der Waals surface area contributed by atoms with Crippen molar-refractivity contribution in [2.45, 2.75) is 70.6 Å². The summed E-state index contributed by atoms with van der Waals surface area (Å²) in [7, 11) is 1.76. The lowest BCUT2D eigenvalue weighted by atomic mass is 9.92. The van der Waals surface area contributed by atoms with E-state index in [4.69, 9.17) is 4.74 Å². The fraction of sp³-hybridized carbons (Fsp3) is 1.00. The van der Waals surface area contributed by atoms with Crippen molar-refractivity contribution in [3.05, 3.63) is 0 Å². The molecule has 19 heavy (non-hydrogen) atoms. The average molecular weight is 272 g/mol. The Kier molecular flexibility index (Phi) is 6.74. The van der Waals surface area contributed by atoms with Gasteiger partial charge in [-0.1, -0.05) is 13.8 Å². The molecule has 1 saturated carbocycles. The summed E-state index contributed by atoms with van der Waals surface area (Å²) in [4.78, 5) is 2.54. The second-order valence-electron chi connectivity index (χ2n) is 6.53. The van der Waals surface area contributed by atoms with Gasteiger partial charge in [-0.25, -0.2) is 0 Å². The standard InChI is InChI=1S/C15H32N2O2/c1-12(2)16-15(4,11-18)10-13(3)17(8-9-19-5)14-6-7-14/h12-14,16,18H,6-11H2,1-5H3. The zero-order chi connectivity index (χ0) is 14.5. The number of methoxy groups -OCH3 is 1. The van der Waals surface area contributed by atoms with Crippen LogP contribution in [0.5, 0.6) is 0 Å². The summed E-state index contributed by atoms with van der Waals surface area (Å²) in [6, 6.07) is 1.58. The first-order chi connectivity index (χ1) is 8.91. The Morgan fingerprint density at radius 3 is 2.42 bits per heavy atom. The van der Waals surface area contributed by atoms with Gasteiger partial charge in [0.05, 0.1) is 13.2 Å². The van der Waals surface area contributed by atoms with Gasteiger partial charge in [0.2, 0.25) is 0 Å². The van der Waals surface area contributed by atoms with E-state index >= 15 is 0 Å². The van der Waals surface area contributed by atoms with Crippen molar-refractivity contribution in [1.29, 1.82) is 0 Å². The highest BCUT2D eigenvalue weighted by molar-refractivity contribution is 4.93. The quantitative estimate of drug-likeness (QED) is 0.634. The van der Waals surface area contributed by atoms with Gasteiger partial charge >= 0.3 is 0 Å². The van der Waals surface area contributed by atoms with Crippen molar-refractivity contribution in [3.63, 3.8) is 0 Å². The summed E-state index contributed by atoms with van der Waals surface area (Å²) in [5.41, 5.74) is -0.201. The molecule has 1 rings (SSSR count). The summed E-state index contributed by atoms with van der Waals surface area (Å²) in [6.45, 7) is 10.6. The number of aliphatic hydroxyl groups is 1. The summed E-state index contributed by atoms with van der Waals surface area (Å²) in [6.07, 6.45) is 3.57. The normalized spacial score (nSPS) is 20.8. The van der Waals surface area contributed by atoms with Gasteiger partial charge in [0, 0.05) is 37.3 Å². The van der Waals surface area contributed by atoms with Crippen LogP contribution in [0.4, 0.5) is 0 Å². The molecule has 0 amide bonds. The molecule has 0 radical (unpaired) electrons. The molecule has 0 spiro atoms. The van der Waals surface area contributed by atoms with Crippen LogP contribution >= 0.6 is 0 Å². The number of aliphatic hydroxyl groups excluding tert-OH is 1. The number of hydrogen-bond donors (Lipinski definition) is 2. The minimum Gasteiger partial charge on any atom is -0.394 e. The van der Waals surface area contributed by atoms with Gasteiger partial charge in [0.15, 0.2) is 0 Å². The predicted molar refractivity (Wildman–Crippen MR) is 79.4 cm³/mol. The minimum atomic E-state index is -0.201. The fourth-order valence-electron chi connectivity index (χ4n) is 3.00. The number of ether oxygens (including phenoxy) is 1. The van der Waals surface area contributed by atoms with Gasteiger partial charge in [-0.05, 0) is 33.1 Å². The number of nitrogens with one attached hydrogen (secondary N) is 1. The highest BCUT2D eigenvalue weighted by atomic mass is 16.5. The average Bonchev–Trinajstić information content (AvgIpc) is 3.12. The van der Waals surface area contributed by atoms with Gasteiger partial charge < -0.3 is 15.2 Å². The maximum Gasteiger partial charge on any atom is 0.0611 e. The number of rotatable bonds is 10. The summed E-state index contributed by atoms with van der Waals surface area (Å²) < 4.78 is 5.21. The molecule has 1 aliphatic rings. The highest BCUT2D eigenvalue weighted by Gasteiger charge is 2.35. The van der Waals surface area contributed by atoms with Gasteiger partial charge in [0.25, 0.3) is 0 Å². The zero-order valence-electron chi connectivity index (χ0n) is 13.3. The lowest BCUT2D eigenvalue weighted by Gasteiger charge is -2.38. The van der Waals surface area contributed by atoms with E-state index in [1.165, 1.54) is 12.8 Å². The molecule has 2 N–H and O–H groups in total. The Bertz CT molecular complexity index is 257. The Hall–Kier alpha value is -0.160. The summed E-state index contributed by atoms with van der Waals surface area (Å²) in [5.74, 6) is 0. The fourth-order valence-corrected chi connectivity index (χ4v) is 3.00. The second kappa shape index (κ2) is 7.58. The first-order valence-electron chi connectivity index (χ1n) is 7.55. The molecular formula is C15H32N2O2. The van der Waals surface area contributed by atoms with E-state index in [9.17, 15) is 5.11 Å². The van der Waals surface area contributed by atoms with Crippen LogP contribution in [0.3, 0.4) is 0 Å². The van der Waals surface area contributed by atoms with E-state index in [-0.39, 0.29) is 12.1 Å². The smallest absolute Gasteiger partial charge is 0.0611 e. The first kappa shape index (κ1) is 16.9. The summed E-state index contributed by atoms with van der Waals surface area (Å²) >= 11 is 0. The molecule has 4 heteroatoms. The molecule has 0 aromatic rings. The van der Waals surface area contributed by atoms with Crippen molar-refractivity contribution >= 4 is 0 Å². The molecule has 4 nitrogen and oxygen atoms in total. The van der Waals surface area contributed by atoms with E-state index in [1.807, 2.05) is 0 Å². The third-order valence-electron chi connectivity index (χ3n) is 3.87. The molecule has 0 aliphatic heterocycles. The van der Waals surface area contributed by atoms with Crippen molar-refractivity contribution in [2.24, 2.45) is 0 Å². The lowest BCUT2D eigenvalue weighted by molar-refractivity contribution is 0.0817. The number of nitrogens with zero attached hydrogens (tertiary/aromatic N) is 1. The summed E-state index contributed by atoms with van der Waals surface area (Å²) in [5, 5.41) is 13.2. The second-order valence-corrected chi connectivity index (χ2v) is 6.53. The maximum absolute atomic E-state index is 9.69. The Labute approximate surface area is 118 Å². The largest absolute Gasteiger partial charge is 0.394 e. The Morgan fingerprint density at radius 1 is 1.37 bits per heavy atom. The van der Waals surface area contributed by atoms with E-state index < -0.39 is 0 Å². The van der Waals surface area contributed by atoms with Crippen molar-refractivity contribution in [2.75, 3.05) is 26.9 Å². The molecule has 1 fully saturated rings. The van der Waals surface area contributed by atoms with Crippen LogP contribution in [0, 0.1) is 0 Å². The molecule has 114 valence electrons. The van der Waals surface area contributed by atoms with Crippen LogP contribution in [-0.4, -0.2) is 60.5 Å². The van der Waals surface area contributed by atoms with Crippen molar-refractivity contribution < 1.29 is 9.84 Å². The molecule has 0 aromatic heterocycles. The van der Waals surface area contributed by atoms with Crippen LogP contribution in [-0.2, 0) is 4.74 Å². The van der Waals surface area contributed by atoms with Crippen molar-refractivity contribution in [1.82, 2.24) is 10.2 Å². The molecule has 2 unspecified atom stereocenters. The van der Waals surface area contributed by atoms with Crippen LogP contribution in [0.15, 0.2) is 0 Å². The molecule has 0 heterocycles. The molecule has 0 aromatic carbocycles.